The maximum Gasteiger partial charge on any atom is 0.124 e. The fourth-order valence-electron chi connectivity index (χ4n) is 4.92. The van der Waals surface area contributed by atoms with E-state index in [1.165, 1.54) is 35.3 Å². The lowest BCUT2D eigenvalue weighted by molar-refractivity contribution is 0.401. The number of fused-ring (bicyclic) bond motifs is 1. The van der Waals surface area contributed by atoms with Gasteiger partial charge in [0.25, 0.3) is 0 Å². The largest absolute Gasteiger partial charge is 0.359 e. The Morgan fingerprint density at radius 3 is 2.43 bits per heavy atom. The van der Waals surface area contributed by atoms with Gasteiger partial charge in [0.2, 0.25) is 0 Å². The van der Waals surface area contributed by atoms with Crippen molar-refractivity contribution in [1.82, 2.24) is 0 Å². The van der Waals surface area contributed by atoms with Crippen LogP contribution in [-0.2, 0) is 6.42 Å². The van der Waals surface area contributed by atoms with Gasteiger partial charge >= 0.3 is 0 Å². The molecule has 1 nitrogen and oxygen atoms in total. The Labute approximate surface area is 212 Å². The minimum absolute atomic E-state index is 0.316. The summed E-state index contributed by atoms with van der Waals surface area (Å²) < 4.78 is 14.0. The molecule has 1 saturated carbocycles. The van der Waals surface area contributed by atoms with Crippen LogP contribution in [0, 0.1) is 11.7 Å². The van der Waals surface area contributed by atoms with Crippen molar-refractivity contribution in [2.45, 2.75) is 32.6 Å². The molecule has 1 aliphatic carbocycles. The second-order valence-corrected chi connectivity index (χ2v) is 10.0. The van der Waals surface area contributed by atoms with Gasteiger partial charge in [-0.05, 0) is 88.9 Å². The number of allylic oxidation sites excluding steroid dienone is 4. The molecule has 0 saturated heterocycles. The summed E-state index contributed by atoms with van der Waals surface area (Å²) in [6, 6.07) is 20.0. The van der Waals surface area contributed by atoms with Crippen LogP contribution in [0.15, 0.2) is 91.2 Å². The first-order valence-electron chi connectivity index (χ1n) is 12.1. The third kappa shape index (κ3) is 4.90. The number of nitrogens with one attached hydrogen (secondary N) is 1. The highest BCUT2D eigenvalue weighted by Gasteiger charge is 2.29. The molecule has 5 rings (SSSR count). The topological polar surface area (TPSA) is 12.0 Å². The maximum absolute atomic E-state index is 14.0. The summed E-state index contributed by atoms with van der Waals surface area (Å²) in [6.45, 7) is 10.0. The molecule has 3 heteroatoms. The first kappa shape index (κ1) is 23.4. The number of anilines is 1. The summed E-state index contributed by atoms with van der Waals surface area (Å²) in [4.78, 5) is 0. The van der Waals surface area contributed by atoms with Gasteiger partial charge in [0.05, 0.1) is 5.02 Å². The van der Waals surface area contributed by atoms with Crippen LogP contribution in [0.3, 0.4) is 0 Å². The molecule has 1 aliphatic heterocycles. The van der Waals surface area contributed by atoms with Crippen molar-refractivity contribution >= 4 is 34.5 Å². The SMILES string of the molecule is C=C(C)/C=C/c1ccc(/C(=C(\c2ccc(F)cc2Cl)C2CCC2)c2ccc3c(c2)CC(=C)N3)cc1. The normalized spacial score (nSPS) is 16.0. The van der Waals surface area contributed by atoms with E-state index in [0.717, 1.165) is 58.5 Å². The van der Waals surface area contributed by atoms with Crippen molar-refractivity contribution in [1.29, 1.82) is 0 Å². The van der Waals surface area contributed by atoms with Crippen LogP contribution in [0.25, 0.3) is 17.2 Å². The van der Waals surface area contributed by atoms with E-state index in [9.17, 15) is 4.39 Å². The summed E-state index contributed by atoms with van der Waals surface area (Å²) in [7, 11) is 0. The fraction of sp³-hybridized carbons (Fsp3) is 0.188. The molecule has 0 aromatic heterocycles. The molecule has 35 heavy (non-hydrogen) atoms. The Balaban J connectivity index is 1.72. The van der Waals surface area contributed by atoms with Crippen LogP contribution in [0.5, 0.6) is 0 Å². The summed E-state index contributed by atoms with van der Waals surface area (Å²) >= 11 is 6.66. The molecule has 0 amide bonds. The Hall–Kier alpha value is -3.36. The highest BCUT2D eigenvalue weighted by Crippen LogP contribution is 2.47. The van der Waals surface area contributed by atoms with E-state index >= 15 is 0 Å². The first-order chi connectivity index (χ1) is 16.9. The molecule has 0 spiro atoms. The number of benzene rings is 3. The fourth-order valence-corrected chi connectivity index (χ4v) is 5.19. The van der Waals surface area contributed by atoms with Crippen LogP contribution < -0.4 is 5.32 Å². The zero-order chi connectivity index (χ0) is 24.5. The molecule has 0 atom stereocenters. The van der Waals surface area contributed by atoms with Gasteiger partial charge in [0, 0.05) is 17.8 Å². The monoisotopic (exact) mass is 481 g/mol. The average molecular weight is 482 g/mol. The van der Waals surface area contributed by atoms with Crippen molar-refractivity contribution in [2.24, 2.45) is 5.92 Å². The van der Waals surface area contributed by atoms with Gasteiger partial charge in [-0.15, -0.1) is 0 Å². The van der Waals surface area contributed by atoms with Gasteiger partial charge in [-0.2, -0.15) is 0 Å². The van der Waals surface area contributed by atoms with E-state index in [2.05, 4.69) is 67.0 Å². The van der Waals surface area contributed by atoms with Crippen molar-refractivity contribution in [3.8, 4) is 0 Å². The minimum Gasteiger partial charge on any atom is -0.359 e. The number of rotatable bonds is 6. The maximum atomic E-state index is 14.0. The smallest absolute Gasteiger partial charge is 0.124 e. The van der Waals surface area contributed by atoms with Gasteiger partial charge in [0.1, 0.15) is 5.82 Å². The number of hydrogen-bond donors (Lipinski definition) is 1. The summed E-state index contributed by atoms with van der Waals surface area (Å²) in [6.07, 6.45) is 8.32. The Bertz CT molecular complexity index is 1370. The van der Waals surface area contributed by atoms with Crippen LogP contribution in [0.4, 0.5) is 10.1 Å². The second kappa shape index (κ2) is 9.71. The van der Waals surface area contributed by atoms with Gasteiger partial charge in [-0.3, -0.25) is 0 Å². The number of halogens is 2. The van der Waals surface area contributed by atoms with Gasteiger partial charge in [0.15, 0.2) is 0 Å². The Kier molecular flexibility index (Phi) is 6.49. The predicted molar refractivity (Wildman–Crippen MR) is 148 cm³/mol. The van der Waals surface area contributed by atoms with Crippen molar-refractivity contribution in [2.75, 3.05) is 5.32 Å². The van der Waals surface area contributed by atoms with E-state index in [4.69, 9.17) is 11.6 Å². The first-order valence-corrected chi connectivity index (χ1v) is 12.5. The van der Waals surface area contributed by atoms with Gasteiger partial charge < -0.3 is 5.32 Å². The molecule has 0 unspecified atom stereocenters. The van der Waals surface area contributed by atoms with E-state index in [0.29, 0.717) is 10.9 Å². The molecule has 2 aliphatic rings. The van der Waals surface area contributed by atoms with Crippen molar-refractivity contribution < 1.29 is 4.39 Å². The van der Waals surface area contributed by atoms with Crippen molar-refractivity contribution in [3.63, 3.8) is 0 Å². The molecule has 1 fully saturated rings. The minimum atomic E-state index is -0.316. The Morgan fingerprint density at radius 2 is 1.77 bits per heavy atom. The average Bonchev–Trinajstić information content (AvgIpc) is 3.16. The van der Waals surface area contributed by atoms with E-state index < -0.39 is 0 Å². The van der Waals surface area contributed by atoms with Crippen LogP contribution >= 0.6 is 11.6 Å². The van der Waals surface area contributed by atoms with Gasteiger partial charge in [-0.1, -0.05) is 85.3 Å². The highest BCUT2D eigenvalue weighted by atomic mass is 35.5. The Morgan fingerprint density at radius 1 is 1.03 bits per heavy atom. The zero-order valence-corrected chi connectivity index (χ0v) is 20.8. The van der Waals surface area contributed by atoms with Crippen LogP contribution in [-0.4, -0.2) is 0 Å². The summed E-state index contributed by atoms with van der Waals surface area (Å²) in [5.41, 5.74) is 11.1. The van der Waals surface area contributed by atoms with E-state index in [1.807, 2.05) is 19.1 Å². The predicted octanol–water partition coefficient (Wildman–Crippen LogP) is 9.31. The molecule has 3 aromatic carbocycles. The molecule has 0 bridgehead atoms. The molecule has 1 N–H and O–H groups in total. The van der Waals surface area contributed by atoms with Crippen molar-refractivity contribution in [3.05, 3.63) is 130 Å². The van der Waals surface area contributed by atoms with E-state index in [-0.39, 0.29) is 5.82 Å². The standard InChI is InChI=1S/C32H29ClFN/c1-20(2)7-8-22-9-11-24(12-10-22)31(25-13-16-30-26(18-25)17-21(3)35-30)32(23-5-4-6-23)28-15-14-27(34)19-29(28)33/h7-16,18-19,23,35H,1,3-6,17H2,2H3/b8-7+,32-31+. The lowest BCUT2D eigenvalue weighted by atomic mass is 9.73. The zero-order valence-electron chi connectivity index (χ0n) is 20.0. The molecule has 176 valence electrons. The summed E-state index contributed by atoms with van der Waals surface area (Å²) in [5, 5.41) is 3.83. The third-order valence-electron chi connectivity index (χ3n) is 6.87. The lowest BCUT2D eigenvalue weighted by Gasteiger charge is -2.32. The molecule has 1 heterocycles. The number of hydrogen-bond acceptors (Lipinski definition) is 1. The van der Waals surface area contributed by atoms with Crippen LogP contribution in [0.1, 0.15) is 54.0 Å². The summed E-state index contributed by atoms with van der Waals surface area (Å²) in [5.74, 6) is 0.0707. The highest BCUT2D eigenvalue weighted by molar-refractivity contribution is 6.32. The molecule has 3 aromatic rings. The second-order valence-electron chi connectivity index (χ2n) is 9.62. The molecular formula is C32H29ClFN. The van der Waals surface area contributed by atoms with Gasteiger partial charge in [-0.25, -0.2) is 4.39 Å². The molecule has 0 radical (unpaired) electrons. The quantitative estimate of drug-likeness (QED) is 0.273. The lowest BCUT2D eigenvalue weighted by Crippen LogP contribution is -2.15. The van der Waals surface area contributed by atoms with Crippen LogP contribution in [0.2, 0.25) is 5.02 Å². The van der Waals surface area contributed by atoms with E-state index in [1.54, 1.807) is 0 Å². The third-order valence-corrected chi connectivity index (χ3v) is 7.19. The molecular weight excluding hydrogens is 453 g/mol.